The molecule has 0 radical (unpaired) electrons. The molecule has 28 heavy (non-hydrogen) atoms. The van der Waals surface area contributed by atoms with E-state index in [1.807, 2.05) is 24.0 Å². The highest BCUT2D eigenvalue weighted by Crippen LogP contribution is 2.41. The minimum absolute atomic E-state index is 0.196. The lowest BCUT2D eigenvalue weighted by atomic mass is 10.0. The minimum Gasteiger partial charge on any atom is -0.471 e. The Balaban J connectivity index is 1.88. The van der Waals surface area contributed by atoms with Crippen molar-refractivity contribution in [2.75, 3.05) is 18.7 Å². The zero-order chi connectivity index (χ0) is 20.0. The third-order valence-corrected chi connectivity index (χ3v) is 5.39. The molecule has 0 saturated heterocycles. The first-order valence-electron chi connectivity index (χ1n) is 8.72. The van der Waals surface area contributed by atoms with Crippen LogP contribution in [0.3, 0.4) is 0 Å². The molecule has 7 heteroatoms. The molecule has 0 saturated carbocycles. The second-order valence-electron chi connectivity index (χ2n) is 6.66. The summed E-state index contributed by atoms with van der Waals surface area (Å²) in [4.78, 5) is 26.3. The molecule has 0 spiro atoms. The highest BCUT2D eigenvalue weighted by molar-refractivity contribution is 6.33. The first-order valence-corrected chi connectivity index (χ1v) is 9.10. The first kappa shape index (κ1) is 18.4. The van der Waals surface area contributed by atoms with Gasteiger partial charge in [-0.05, 0) is 37.6 Å². The predicted molar refractivity (Wildman–Crippen MR) is 106 cm³/mol. The lowest BCUT2D eigenvalue weighted by molar-refractivity contribution is 0.0601. The van der Waals surface area contributed by atoms with Gasteiger partial charge < -0.3 is 18.8 Å². The van der Waals surface area contributed by atoms with Gasteiger partial charge in [0.15, 0.2) is 6.73 Å². The van der Waals surface area contributed by atoms with Gasteiger partial charge >= 0.3 is 11.6 Å². The van der Waals surface area contributed by atoms with Crippen LogP contribution in [0.4, 0.5) is 5.69 Å². The van der Waals surface area contributed by atoms with Crippen LogP contribution in [0.25, 0.3) is 11.0 Å². The molecular formula is C21H18ClNO5. The Kier molecular flexibility index (Phi) is 4.51. The van der Waals surface area contributed by atoms with Crippen LogP contribution in [0.5, 0.6) is 5.75 Å². The number of benzene rings is 2. The number of carbonyl (C=O) groups is 1. The van der Waals surface area contributed by atoms with E-state index in [9.17, 15) is 9.59 Å². The maximum Gasteiger partial charge on any atom is 0.339 e. The summed E-state index contributed by atoms with van der Waals surface area (Å²) >= 11 is 6.45. The third-order valence-electron chi connectivity index (χ3n) is 5.11. The lowest BCUT2D eigenvalue weighted by Crippen LogP contribution is -2.33. The molecule has 1 aliphatic heterocycles. The van der Waals surface area contributed by atoms with Crippen LogP contribution in [0, 0.1) is 13.8 Å². The average molecular weight is 400 g/mol. The predicted octanol–water partition coefficient (Wildman–Crippen LogP) is 4.21. The summed E-state index contributed by atoms with van der Waals surface area (Å²) in [6, 6.07) is 8.88. The van der Waals surface area contributed by atoms with E-state index in [-0.39, 0.29) is 12.4 Å². The van der Waals surface area contributed by atoms with E-state index in [0.717, 1.165) is 10.9 Å². The number of methoxy groups -OCH3 is 1. The van der Waals surface area contributed by atoms with Crippen molar-refractivity contribution in [1.29, 1.82) is 0 Å². The number of para-hydroxylation sites is 1. The number of hydrogen-bond donors (Lipinski definition) is 0. The quantitative estimate of drug-likeness (QED) is 0.475. The first-order chi connectivity index (χ1) is 13.4. The molecule has 6 nitrogen and oxygen atoms in total. The van der Waals surface area contributed by atoms with Gasteiger partial charge in [0.25, 0.3) is 0 Å². The number of halogens is 1. The van der Waals surface area contributed by atoms with Gasteiger partial charge in [-0.2, -0.15) is 0 Å². The lowest BCUT2D eigenvalue weighted by Gasteiger charge is -2.32. The van der Waals surface area contributed by atoms with Crippen molar-refractivity contribution in [3.63, 3.8) is 0 Å². The number of carbonyl (C=O) groups excluding carboxylic acids is 1. The van der Waals surface area contributed by atoms with Gasteiger partial charge in [-0.15, -0.1) is 0 Å². The van der Waals surface area contributed by atoms with Crippen LogP contribution in [0.2, 0.25) is 5.02 Å². The fraction of sp³-hybridized carbons (Fsp3) is 0.238. The summed E-state index contributed by atoms with van der Waals surface area (Å²) in [5.74, 6) is 0.0581. The number of ether oxygens (including phenoxy) is 2. The molecule has 2 aromatic carbocycles. The van der Waals surface area contributed by atoms with Gasteiger partial charge in [0.2, 0.25) is 0 Å². The van der Waals surface area contributed by atoms with Crippen LogP contribution in [-0.4, -0.2) is 19.8 Å². The fourth-order valence-electron chi connectivity index (χ4n) is 3.45. The van der Waals surface area contributed by atoms with Crippen LogP contribution in [0.15, 0.2) is 39.5 Å². The van der Waals surface area contributed by atoms with E-state index in [4.69, 9.17) is 25.5 Å². The maximum absolute atomic E-state index is 12.2. The summed E-state index contributed by atoms with van der Waals surface area (Å²) in [5, 5.41) is 1.23. The molecule has 144 valence electrons. The smallest absolute Gasteiger partial charge is 0.339 e. The minimum atomic E-state index is -0.435. The Morgan fingerprint density at radius 1 is 1.21 bits per heavy atom. The molecule has 0 N–H and O–H groups in total. The molecule has 0 aliphatic carbocycles. The molecule has 0 atom stereocenters. The molecule has 1 aliphatic rings. The summed E-state index contributed by atoms with van der Waals surface area (Å²) in [7, 11) is 1.34. The van der Waals surface area contributed by atoms with Crippen molar-refractivity contribution in [2.24, 2.45) is 0 Å². The second-order valence-corrected chi connectivity index (χ2v) is 7.07. The molecule has 0 fully saturated rings. The topological polar surface area (TPSA) is 69.0 Å². The SMILES string of the molecule is COC(=O)c1ccccc1N1COc2c(Cl)cc3c(C)c(C)c(=O)oc3c2C1. The summed E-state index contributed by atoms with van der Waals surface area (Å²) in [6.45, 7) is 4.15. The van der Waals surface area contributed by atoms with Crippen molar-refractivity contribution in [1.82, 2.24) is 0 Å². The Labute approximate surface area is 166 Å². The molecular weight excluding hydrogens is 382 g/mol. The van der Waals surface area contributed by atoms with E-state index < -0.39 is 5.97 Å². The number of hydrogen-bond acceptors (Lipinski definition) is 6. The normalized spacial score (nSPS) is 13.2. The number of aryl methyl sites for hydroxylation is 1. The Hall–Kier alpha value is -2.99. The largest absolute Gasteiger partial charge is 0.471 e. The van der Waals surface area contributed by atoms with Gasteiger partial charge in [0, 0.05) is 10.9 Å². The van der Waals surface area contributed by atoms with Gasteiger partial charge in [-0.25, -0.2) is 9.59 Å². The average Bonchev–Trinajstić information content (AvgIpc) is 2.72. The second kappa shape index (κ2) is 6.87. The zero-order valence-corrected chi connectivity index (χ0v) is 16.4. The van der Waals surface area contributed by atoms with Crippen molar-refractivity contribution in [3.05, 3.63) is 68.0 Å². The van der Waals surface area contributed by atoms with Gasteiger partial charge in [0.05, 0.1) is 35.5 Å². The van der Waals surface area contributed by atoms with Crippen LogP contribution in [-0.2, 0) is 11.3 Å². The van der Waals surface area contributed by atoms with E-state index in [1.54, 1.807) is 25.1 Å². The number of rotatable bonds is 2. The van der Waals surface area contributed by atoms with Crippen LogP contribution < -0.4 is 15.3 Å². The highest BCUT2D eigenvalue weighted by atomic mass is 35.5. The van der Waals surface area contributed by atoms with Crippen molar-refractivity contribution >= 4 is 34.2 Å². The molecule has 1 aromatic heterocycles. The summed E-state index contributed by atoms with van der Waals surface area (Å²) < 4.78 is 16.4. The Morgan fingerprint density at radius 3 is 2.71 bits per heavy atom. The van der Waals surface area contributed by atoms with Crippen molar-refractivity contribution in [3.8, 4) is 5.75 Å². The number of nitrogens with zero attached hydrogens (tertiary/aromatic N) is 1. The van der Waals surface area contributed by atoms with Crippen LogP contribution in [0.1, 0.15) is 27.0 Å². The van der Waals surface area contributed by atoms with Crippen molar-refractivity contribution < 1.29 is 18.7 Å². The van der Waals surface area contributed by atoms with E-state index in [1.165, 1.54) is 7.11 Å². The molecule has 2 heterocycles. The number of fused-ring (bicyclic) bond motifs is 3. The van der Waals surface area contributed by atoms with E-state index >= 15 is 0 Å². The van der Waals surface area contributed by atoms with Gasteiger partial charge in [-0.1, -0.05) is 23.7 Å². The monoisotopic (exact) mass is 399 g/mol. The third kappa shape index (κ3) is 2.81. The standard InChI is InChI=1S/C21H18ClNO5/c1-11-12(2)20(24)28-18-14(11)8-16(22)19-15(18)9-23(10-27-19)17-7-5-4-6-13(17)21(25)26-3/h4-8H,9-10H2,1-3H3. The van der Waals surface area contributed by atoms with Crippen LogP contribution >= 0.6 is 11.6 Å². The number of esters is 1. The summed E-state index contributed by atoms with van der Waals surface area (Å²) in [5.41, 5.74) is 3.20. The highest BCUT2D eigenvalue weighted by Gasteiger charge is 2.27. The fourth-order valence-corrected chi connectivity index (χ4v) is 3.73. The Bertz CT molecular complexity index is 1170. The zero-order valence-electron chi connectivity index (χ0n) is 15.7. The Morgan fingerprint density at radius 2 is 1.96 bits per heavy atom. The number of anilines is 1. The van der Waals surface area contributed by atoms with Crippen molar-refractivity contribution in [2.45, 2.75) is 20.4 Å². The molecule has 0 bridgehead atoms. The molecule has 4 rings (SSSR count). The van der Waals surface area contributed by atoms with Gasteiger partial charge in [-0.3, -0.25) is 0 Å². The van der Waals surface area contributed by atoms with E-state index in [2.05, 4.69) is 0 Å². The molecule has 0 unspecified atom stereocenters. The maximum atomic E-state index is 12.2. The summed E-state index contributed by atoms with van der Waals surface area (Å²) in [6.07, 6.45) is 0. The van der Waals surface area contributed by atoms with Gasteiger partial charge in [0.1, 0.15) is 11.3 Å². The van der Waals surface area contributed by atoms with E-state index in [0.29, 0.717) is 45.3 Å². The molecule has 3 aromatic rings. The molecule has 0 amide bonds.